The second-order valence-corrected chi connectivity index (χ2v) is 3.67. The molecule has 2 N–H and O–H groups in total. The van der Waals surface area contributed by atoms with Crippen molar-refractivity contribution in [2.24, 2.45) is 5.73 Å². The average molecular weight is 230 g/mol. The smallest absolute Gasteiger partial charge is 0.275 e. The summed E-state index contributed by atoms with van der Waals surface area (Å²) in [6.45, 7) is 1.74. The second kappa shape index (κ2) is 4.98. The highest BCUT2D eigenvalue weighted by atomic mass is 19.2. The van der Waals surface area contributed by atoms with Crippen molar-refractivity contribution in [1.82, 2.24) is 0 Å². The molecule has 0 saturated carbocycles. The molecule has 1 aromatic carbocycles. The standard InChI is InChI=1S/C10H12F2N2O2/c1-6(13)2-3-7-4-8(11)9(12)5-10(7)14(15)16/h4-6H,2-3,13H2,1H3/t6-/m1/s1. The Morgan fingerprint density at radius 1 is 1.44 bits per heavy atom. The summed E-state index contributed by atoms with van der Waals surface area (Å²) in [4.78, 5) is 9.89. The van der Waals surface area contributed by atoms with E-state index in [0.717, 1.165) is 6.07 Å². The fourth-order valence-electron chi connectivity index (χ4n) is 1.33. The number of benzene rings is 1. The lowest BCUT2D eigenvalue weighted by atomic mass is 10.0. The zero-order chi connectivity index (χ0) is 12.3. The molecular formula is C10H12F2N2O2. The van der Waals surface area contributed by atoms with Crippen LogP contribution in [0, 0.1) is 21.7 Å². The number of nitrogens with two attached hydrogens (primary N) is 1. The molecule has 0 aliphatic carbocycles. The van der Waals surface area contributed by atoms with Gasteiger partial charge in [0.2, 0.25) is 0 Å². The van der Waals surface area contributed by atoms with Gasteiger partial charge in [-0.25, -0.2) is 8.78 Å². The molecule has 0 aliphatic heterocycles. The van der Waals surface area contributed by atoms with Crippen LogP contribution >= 0.6 is 0 Å². The number of halogens is 2. The molecule has 0 bridgehead atoms. The number of rotatable bonds is 4. The first kappa shape index (κ1) is 12.5. The topological polar surface area (TPSA) is 69.2 Å². The molecule has 0 fully saturated rings. The van der Waals surface area contributed by atoms with E-state index in [1.807, 2.05) is 0 Å². The van der Waals surface area contributed by atoms with Crippen LogP contribution in [0.5, 0.6) is 0 Å². The summed E-state index contributed by atoms with van der Waals surface area (Å²) in [7, 11) is 0. The van der Waals surface area contributed by atoms with Crippen LogP contribution in [0.1, 0.15) is 18.9 Å². The van der Waals surface area contributed by atoms with Gasteiger partial charge in [0.25, 0.3) is 5.69 Å². The summed E-state index contributed by atoms with van der Waals surface area (Å²) in [5, 5.41) is 10.6. The van der Waals surface area contributed by atoms with E-state index in [2.05, 4.69) is 0 Å². The van der Waals surface area contributed by atoms with Gasteiger partial charge in [0.15, 0.2) is 11.6 Å². The predicted octanol–water partition coefficient (Wildman–Crippen LogP) is 2.15. The highest BCUT2D eigenvalue weighted by Crippen LogP contribution is 2.23. The molecule has 0 amide bonds. The fraction of sp³-hybridized carbons (Fsp3) is 0.400. The molecule has 1 aromatic rings. The van der Waals surface area contributed by atoms with Gasteiger partial charge in [0.1, 0.15) is 0 Å². The number of nitro groups is 1. The van der Waals surface area contributed by atoms with Crippen LogP contribution < -0.4 is 5.73 Å². The molecule has 4 nitrogen and oxygen atoms in total. The van der Waals surface area contributed by atoms with E-state index >= 15 is 0 Å². The Hall–Kier alpha value is -1.56. The molecule has 0 saturated heterocycles. The predicted molar refractivity (Wildman–Crippen MR) is 55.0 cm³/mol. The average Bonchev–Trinajstić information content (AvgIpc) is 2.18. The quantitative estimate of drug-likeness (QED) is 0.636. The van der Waals surface area contributed by atoms with Gasteiger partial charge < -0.3 is 5.73 Å². The molecule has 0 heterocycles. The summed E-state index contributed by atoms with van der Waals surface area (Å²) in [6, 6.07) is 1.31. The van der Waals surface area contributed by atoms with Crippen molar-refractivity contribution in [2.45, 2.75) is 25.8 Å². The molecule has 1 rings (SSSR count). The molecule has 16 heavy (non-hydrogen) atoms. The van der Waals surface area contributed by atoms with Crippen LogP contribution in [0.15, 0.2) is 12.1 Å². The SMILES string of the molecule is C[C@@H](N)CCc1cc(F)c(F)cc1[N+](=O)[O-]. The zero-order valence-corrected chi connectivity index (χ0v) is 8.74. The number of aryl methyl sites for hydroxylation is 1. The van der Waals surface area contributed by atoms with Crippen molar-refractivity contribution in [2.75, 3.05) is 0 Å². The zero-order valence-electron chi connectivity index (χ0n) is 8.74. The van der Waals surface area contributed by atoms with E-state index in [1.165, 1.54) is 0 Å². The Balaban J connectivity index is 3.05. The summed E-state index contributed by atoms with van der Waals surface area (Å²) >= 11 is 0. The highest BCUT2D eigenvalue weighted by molar-refractivity contribution is 5.41. The summed E-state index contributed by atoms with van der Waals surface area (Å²) in [5.41, 5.74) is 5.26. The molecule has 0 radical (unpaired) electrons. The maximum absolute atomic E-state index is 12.9. The highest BCUT2D eigenvalue weighted by Gasteiger charge is 2.18. The minimum Gasteiger partial charge on any atom is -0.328 e. The van der Waals surface area contributed by atoms with Gasteiger partial charge in [0.05, 0.1) is 11.0 Å². The third kappa shape index (κ3) is 2.96. The molecule has 1 atom stereocenters. The second-order valence-electron chi connectivity index (χ2n) is 3.67. The van der Waals surface area contributed by atoms with Gasteiger partial charge in [-0.1, -0.05) is 0 Å². The molecule has 88 valence electrons. The van der Waals surface area contributed by atoms with Crippen molar-refractivity contribution in [3.63, 3.8) is 0 Å². The summed E-state index contributed by atoms with van der Waals surface area (Å²) in [6.07, 6.45) is 0.733. The summed E-state index contributed by atoms with van der Waals surface area (Å²) < 4.78 is 25.7. The third-order valence-corrected chi connectivity index (χ3v) is 2.19. The lowest BCUT2D eigenvalue weighted by molar-refractivity contribution is -0.385. The van der Waals surface area contributed by atoms with Gasteiger partial charge in [-0.15, -0.1) is 0 Å². The monoisotopic (exact) mass is 230 g/mol. The largest absolute Gasteiger partial charge is 0.328 e. The van der Waals surface area contributed by atoms with Gasteiger partial charge in [-0.3, -0.25) is 10.1 Å². The van der Waals surface area contributed by atoms with Crippen molar-refractivity contribution >= 4 is 5.69 Å². The van der Waals surface area contributed by atoms with Gasteiger partial charge in [0, 0.05) is 11.6 Å². The van der Waals surface area contributed by atoms with Crippen LogP contribution in [0.25, 0.3) is 0 Å². The molecule has 6 heteroatoms. The first-order chi connectivity index (χ1) is 7.41. The van der Waals surface area contributed by atoms with Gasteiger partial charge in [-0.05, 0) is 25.8 Å². The van der Waals surface area contributed by atoms with E-state index in [1.54, 1.807) is 6.92 Å². The normalized spacial score (nSPS) is 12.5. The van der Waals surface area contributed by atoms with E-state index in [-0.39, 0.29) is 18.0 Å². The van der Waals surface area contributed by atoms with Crippen LogP contribution in [-0.2, 0) is 6.42 Å². The Bertz CT molecular complexity index is 408. The molecule has 0 aliphatic rings. The van der Waals surface area contributed by atoms with Crippen LogP contribution in [0.2, 0.25) is 0 Å². The van der Waals surface area contributed by atoms with Crippen molar-refractivity contribution in [1.29, 1.82) is 0 Å². The lowest BCUT2D eigenvalue weighted by Crippen LogP contribution is -2.15. The van der Waals surface area contributed by atoms with E-state index in [0.29, 0.717) is 12.5 Å². The van der Waals surface area contributed by atoms with E-state index in [4.69, 9.17) is 5.73 Å². The minimum absolute atomic E-state index is 0.146. The Morgan fingerprint density at radius 3 is 2.50 bits per heavy atom. The van der Waals surface area contributed by atoms with Crippen LogP contribution in [0.4, 0.5) is 14.5 Å². The van der Waals surface area contributed by atoms with Crippen molar-refractivity contribution in [3.05, 3.63) is 39.4 Å². The molecule has 0 aromatic heterocycles. The first-order valence-electron chi connectivity index (χ1n) is 4.79. The molecule has 0 unspecified atom stereocenters. The number of hydrogen-bond acceptors (Lipinski definition) is 3. The van der Waals surface area contributed by atoms with Crippen molar-refractivity contribution < 1.29 is 13.7 Å². The number of nitrogens with zero attached hydrogens (tertiary/aromatic N) is 1. The third-order valence-electron chi connectivity index (χ3n) is 2.19. The Morgan fingerprint density at radius 2 is 2.00 bits per heavy atom. The Kier molecular flexibility index (Phi) is 3.89. The fourth-order valence-corrected chi connectivity index (χ4v) is 1.33. The van der Waals surface area contributed by atoms with E-state index in [9.17, 15) is 18.9 Å². The van der Waals surface area contributed by atoms with E-state index < -0.39 is 22.2 Å². The number of hydrogen-bond donors (Lipinski definition) is 1. The van der Waals surface area contributed by atoms with Crippen molar-refractivity contribution in [3.8, 4) is 0 Å². The maximum Gasteiger partial charge on any atom is 0.275 e. The Labute approximate surface area is 91.2 Å². The molecular weight excluding hydrogens is 218 g/mol. The first-order valence-corrected chi connectivity index (χ1v) is 4.79. The maximum atomic E-state index is 12.9. The molecule has 0 spiro atoms. The van der Waals surface area contributed by atoms with Gasteiger partial charge in [-0.2, -0.15) is 0 Å². The van der Waals surface area contributed by atoms with Gasteiger partial charge >= 0.3 is 0 Å². The minimum atomic E-state index is -1.21. The summed E-state index contributed by atoms with van der Waals surface area (Å²) in [5.74, 6) is -2.29. The van der Waals surface area contributed by atoms with Crippen LogP contribution in [0.3, 0.4) is 0 Å². The lowest BCUT2D eigenvalue weighted by Gasteiger charge is -2.06. The van der Waals surface area contributed by atoms with Crippen LogP contribution in [-0.4, -0.2) is 11.0 Å². The number of nitro benzene ring substituents is 1.